The number of pyridine rings is 1. The number of carbonyl (C=O) groups is 1. The molecule has 4 nitrogen and oxygen atoms in total. The fourth-order valence-corrected chi connectivity index (χ4v) is 3.05. The molecule has 0 fully saturated rings. The van der Waals surface area contributed by atoms with Crippen molar-refractivity contribution in [1.29, 1.82) is 0 Å². The Labute approximate surface area is 140 Å². The van der Waals surface area contributed by atoms with Gasteiger partial charge < -0.3 is 10.3 Å². The molecule has 5 heteroatoms. The molecule has 1 aromatic heterocycles. The van der Waals surface area contributed by atoms with Crippen molar-refractivity contribution >= 4 is 17.7 Å². The standard InChI is InChI=1S/C18H22N2O2S/c1-11(2)23-15-8-6-14(7-9-15)13(4)20-18(22)16-10-5-12(3)19-17(16)21/h5-11,13H,1-4H3,(H,19,21)(H,20,22)/t13-/m0/s1. The molecule has 23 heavy (non-hydrogen) atoms. The van der Waals surface area contributed by atoms with Crippen LogP contribution in [0.4, 0.5) is 0 Å². The highest BCUT2D eigenvalue weighted by molar-refractivity contribution is 7.99. The first-order valence-corrected chi connectivity index (χ1v) is 8.52. The highest BCUT2D eigenvalue weighted by Gasteiger charge is 2.14. The van der Waals surface area contributed by atoms with Crippen LogP contribution in [0, 0.1) is 6.92 Å². The third-order valence-electron chi connectivity index (χ3n) is 3.40. The van der Waals surface area contributed by atoms with Crippen molar-refractivity contribution in [1.82, 2.24) is 10.3 Å². The van der Waals surface area contributed by atoms with Gasteiger partial charge in [-0.2, -0.15) is 0 Å². The van der Waals surface area contributed by atoms with Crippen LogP contribution in [0.1, 0.15) is 48.4 Å². The zero-order valence-corrected chi connectivity index (χ0v) is 14.7. The maximum atomic E-state index is 12.2. The smallest absolute Gasteiger partial charge is 0.260 e. The number of nitrogens with one attached hydrogen (secondary N) is 2. The van der Waals surface area contributed by atoms with E-state index in [-0.39, 0.29) is 23.1 Å². The van der Waals surface area contributed by atoms with Gasteiger partial charge in [0.2, 0.25) is 0 Å². The summed E-state index contributed by atoms with van der Waals surface area (Å²) in [5.41, 5.74) is 1.51. The van der Waals surface area contributed by atoms with Crippen LogP contribution in [-0.2, 0) is 0 Å². The molecule has 0 bridgehead atoms. The van der Waals surface area contributed by atoms with E-state index < -0.39 is 0 Å². The first-order valence-electron chi connectivity index (χ1n) is 7.64. The number of H-pyrrole nitrogens is 1. The Bertz CT molecular complexity index is 735. The lowest BCUT2D eigenvalue weighted by Gasteiger charge is -2.15. The summed E-state index contributed by atoms with van der Waals surface area (Å²) in [6.45, 7) is 7.99. The third kappa shape index (κ3) is 4.73. The first-order chi connectivity index (χ1) is 10.9. The van der Waals surface area contributed by atoms with Crippen LogP contribution in [0.5, 0.6) is 0 Å². The van der Waals surface area contributed by atoms with Crippen LogP contribution < -0.4 is 10.9 Å². The summed E-state index contributed by atoms with van der Waals surface area (Å²) in [4.78, 5) is 27.9. The fraction of sp³-hybridized carbons (Fsp3) is 0.333. The largest absolute Gasteiger partial charge is 0.345 e. The maximum Gasteiger partial charge on any atom is 0.260 e. The molecular weight excluding hydrogens is 308 g/mol. The van der Waals surface area contributed by atoms with Gasteiger partial charge in [-0.3, -0.25) is 9.59 Å². The van der Waals surface area contributed by atoms with E-state index in [0.29, 0.717) is 5.25 Å². The van der Waals surface area contributed by atoms with E-state index in [2.05, 4.69) is 36.3 Å². The molecule has 0 saturated carbocycles. The molecule has 0 radical (unpaired) electrons. The maximum absolute atomic E-state index is 12.2. The van der Waals surface area contributed by atoms with Crippen molar-refractivity contribution in [3.63, 3.8) is 0 Å². The molecule has 0 unspecified atom stereocenters. The number of benzene rings is 1. The molecule has 2 rings (SSSR count). The Balaban J connectivity index is 2.07. The van der Waals surface area contributed by atoms with Crippen LogP contribution in [0.25, 0.3) is 0 Å². The van der Waals surface area contributed by atoms with Gasteiger partial charge in [0.1, 0.15) is 5.56 Å². The van der Waals surface area contributed by atoms with Crippen molar-refractivity contribution in [2.75, 3.05) is 0 Å². The summed E-state index contributed by atoms with van der Waals surface area (Å²) in [7, 11) is 0. The molecule has 0 aliphatic heterocycles. The minimum atomic E-state index is -0.363. The SMILES string of the molecule is Cc1ccc(C(=O)N[C@@H](C)c2ccc(SC(C)C)cc2)c(=O)[nH]1. The number of carbonyl (C=O) groups excluding carboxylic acids is 1. The third-order valence-corrected chi connectivity index (χ3v) is 4.42. The molecule has 2 aromatic rings. The number of amides is 1. The number of thioether (sulfide) groups is 1. The highest BCUT2D eigenvalue weighted by Crippen LogP contribution is 2.24. The Hall–Kier alpha value is -2.01. The number of hydrogen-bond acceptors (Lipinski definition) is 3. The van der Waals surface area contributed by atoms with E-state index in [0.717, 1.165) is 11.3 Å². The van der Waals surface area contributed by atoms with E-state index >= 15 is 0 Å². The second-order valence-electron chi connectivity index (χ2n) is 5.81. The van der Waals surface area contributed by atoms with Crippen molar-refractivity contribution in [2.45, 2.75) is 43.9 Å². The van der Waals surface area contributed by atoms with Crippen LogP contribution in [0.3, 0.4) is 0 Å². The van der Waals surface area contributed by atoms with Crippen LogP contribution in [-0.4, -0.2) is 16.1 Å². The lowest BCUT2D eigenvalue weighted by Crippen LogP contribution is -2.31. The zero-order valence-electron chi connectivity index (χ0n) is 13.8. The van der Waals surface area contributed by atoms with E-state index in [4.69, 9.17) is 0 Å². The summed E-state index contributed by atoms with van der Waals surface area (Å²) >= 11 is 1.80. The van der Waals surface area contributed by atoms with Gasteiger partial charge in [0.25, 0.3) is 11.5 Å². The monoisotopic (exact) mass is 330 g/mol. The lowest BCUT2D eigenvalue weighted by atomic mass is 10.1. The number of rotatable bonds is 5. The summed E-state index contributed by atoms with van der Waals surface area (Å²) in [5.74, 6) is -0.362. The van der Waals surface area contributed by atoms with Gasteiger partial charge in [-0.25, -0.2) is 0 Å². The molecule has 0 saturated heterocycles. The average Bonchev–Trinajstić information content (AvgIpc) is 2.47. The summed E-state index contributed by atoms with van der Waals surface area (Å²) < 4.78 is 0. The predicted molar refractivity (Wildman–Crippen MR) is 95.1 cm³/mol. The quantitative estimate of drug-likeness (QED) is 0.822. The minimum absolute atomic E-state index is 0.134. The molecule has 2 N–H and O–H groups in total. The highest BCUT2D eigenvalue weighted by atomic mass is 32.2. The molecule has 1 heterocycles. The number of aryl methyl sites for hydroxylation is 1. The van der Waals surface area contributed by atoms with E-state index in [9.17, 15) is 9.59 Å². The lowest BCUT2D eigenvalue weighted by molar-refractivity contribution is 0.0938. The van der Waals surface area contributed by atoms with Gasteiger partial charge in [-0.05, 0) is 43.7 Å². The van der Waals surface area contributed by atoms with Gasteiger partial charge in [-0.1, -0.05) is 26.0 Å². The molecule has 0 aliphatic carbocycles. The normalized spacial score (nSPS) is 12.2. The van der Waals surface area contributed by atoms with Gasteiger partial charge in [0, 0.05) is 15.8 Å². The van der Waals surface area contributed by atoms with E-state index in [1.807, 2.05) is 19.1 Å². The van der Waals surface area contributed by atoms with Gasteiger partial charge >= 0.3 is 0 Å². The topological polar surface area (TPSA) is 62.0 Å². The van der Waals surface area contributed by atoms with Crippen molar-refractivity contribution in [3.8, 4) is 0 Å². The molecule has 1 atom stereocenters. The first kappa shape index (κ1) is 17.3. The Morgan fingerprint density at radius 3 is 2.30 bits per heavy atom. The van der Waals surface area contributed by atoms with Gasteiger partial charge in [0.15, 0.2) is 0 Å². The number of hydrogen-bond donors (Lipinski definition) is 2. The Morgan fingerprint density at radius 1 is 1.09 bits per heavy atom. The molecule has 1 aromatic carbocycles. The Morgan fingerprint density at radius 2 is 1.74 bits per heavy atom. The van der Waals surface area contributed by atoms with Crippen LogP contribution >= 0.6 is 11.8 Å². The molecule has 122 valence electrons. The predicted octanol–water partition coefficient (Wildman–Crippen LogP) is 3.67. The van der Waals surface area contributed by atoms with E-state index in [1.165, 1.54) is 4.90 Å². The summed E-state index contributed by atoms with van der Waals surface area (Å²) in [6.07, 6.45) is 0. The zero-order chi connectivity index (χ0) is 17.0. The van der Waals surface area contributed by atoms with Crippen molar-refractivity contribution < 1.29 is 4.79 Å². The molecular formula is C18H22N2O2S. The van der Waals surface area contributed by atoms with Gasteiger partial charge in [0.05, 0.1) is 6.04 Å². The summed E-state index contributed by atoms with van der Waals surface area (Å²) in [5, 5.41) is 3.40. The fourth-order valence-electron chi connectivity index (χ4n) is 2.22. The molecule has 1 amide bonds. The van der Waals surface area contributed by atoms with Crippen molar-refractivity contribution in [2.24, 2.45) is 0 Å². The molecule has 0 spiro atoms. The van der Waals surface area contributed by atoms with E-state index in [1.54, 1.807) is 30.8 Å². The van der Waals surface area contributed by atoms with Crippen molar-refractivity contribution in [3.05, 3.63) is 63.6 Å². The number of aromatic nitrogens is 1. The van der Waals surface area contributed by atoms with Crippen LogP contribution in [0.2, 0.25) is 0 Å². The minimum Gasteiger partial charge on any atom is -0.345 e. The molecule has 0 aliphatic rings. The average molecular weight is 330 g/mol. The summed E-state index contributed by atoms with van der Waals surface area (Å²) in [6, 6.07) is 11.2. The Kier molecular flexibility index (Phi) is 5.66. The second-order valence-corrected chi connectivity index (χ2v) is 7.46. The number of aromatic amines is 1. The second kappa shape index (κ2) is 7.51. The van der Waals surface area contributed by atoms with Crippen LogP contribution in [0.15, 0.2) is 46.1 Å². The van der Waals surface area contributed by atoms with Gasteiger partial charge in [-0.15, -0.1) is 11.8 Å².